The molecule has 1 N–H and O–H groups in total. The van der Waals surface area contributed by atoms with Crippen LogP contribution in [0.1, 0.15) is 11.1 Å². The van der Waals surface area contributed by atoms with Crippen LogP contribution in [0.3, 0.4) is 0 Å². The van der Waals surface area contributed by atoms with Crippen LogP contribution >= 0.6 is 15.9 Å². The standard InChI is InChI=1S/C15H12BrFO3/c16-13-6-5-12(17)7-11(13)9-20-14-4-2-1-3-10(14)8-15(18)19/h1-7H,8-9H2,(H,18,19). The van der Waals surface area contributed by atoms with Crippen molar-refractivity contribution in [1.29, 1.82) is 0 Å². The van der Waals surface area contributed by atoms with Gasteiger partial charge in [0.1, 0.15) is 18.2 Å². The van der Waals surface area contributed by atoms with Gasteiger partial charge in [0.05, 0.1) is 6.42 Å². The fourth-order valence-electron chi connectivity index (χ4n) is 1.76. The highest BCUT2D eigenvalue weighted by atomic mass is 79.9. The number of aliphatic carboxylic acids is 1. The molecule has 0 aliphatic heterocycles. The molecule has 0 spiro atoms. The number of ether oxygens (including phenoxy) is 1. The minimum Gasteiger partial charge on any atom is -0.489 e. The van der Waals surface area contributed by atoms with Crippen LogP contribution in [0.5, 0.6) is 5.75 Å². The summed E-state index contributed by atoms with van der Waals surface area (Å²) in [4.78, 5) is 10.8. The molecule has 3 nitrogen and oxygen atoms in total. The summed E-state index contributed by atoms with van der Waals surface area (Å²) in [6.07, 6.45) is -0.111. The quantitative estimate of drug-likeness (QED) is 0.901. The Morgan fingerprint density at radius 1 is 1.20 bits per heavy atom. The highest BCUT2D eigenvalue weighted by Gasteiger charge is 2.09. The highest BCUT2D eigenvalue weighted by molar-refractivity contribution is 9.10. The van der Waals surface area contributed by atoms with E-state index in [4.69, 9.17) is 9.84 Å². The molecular weight excluding hydrogens is 327 g/mol. The second-order valence-corrected chi connectivity index (χ2v) is 5.06. The molecule has 0 amide bonds. The zero-order chi connectivity index (χ0) is 14.5. The molecular formula is C15H12BrFO3. The van der Waals surface area contributed by atoms with Crippen LogP contribution in [0, 0.1) is 5.82 Å². The van der Waals surface area contributed by atoms with Crippen molar-refractivity contribution in [1.82, 2.24) is 0 Å². The fraction of sp³-hybridized carbons (Fsp3) is 0.133. The van der Waals surface area contributed by atoms with Gasteiger partial charge < -0.3 is 9.84 Å². The number of hydrogen-bond acceptors (Lipinski definition) is 2. The normalized spacial score (nSPS) is 10.3. The van der Waals surface area contributed by atoms with E-state index in [0.29, 0.717) is 16.9 Å². The Hall–Kier alpha value is -1.88. The summed E-state index contributed by atoms with van der Waals surface area (Å²) in [6, 6.07) is 11.3. The Kier molecular flexibility index (Phi) is 4.74. The first-order valence-corrected chi connectivity index (χ1v) is 6.72. The van der Waals surface area contributed by atoms with Gasteiger partial charge in [0.2, 0.25) is 0 Å². The lowest BCUT2D eigenvalue weighted by Crippen LogP contribution is -2.04. The Labute approximate surface area is 124 Å². The monoisotopic (exact) mass is 338 g/mol. The van der Waals surface area contributed by atoms with Gasteiger partial charge >= 0.3 is 5.97 Å². The summed E-state index contributed by atoms with van der Waals surface area (Å²) in [5, 5.41) is 8.84. The predicted molar refractivity (Wildman–Crippen MR) is 76.2 cm³/mol. The number of para-hydroxylation sites is 1. The predicted octanol–water partition coefficient (Wildman–Crippen LogP) is 3.79. The number of carboxylic acids is 1. The number of carbonyl (C=O) groups is 1. The summed E-state index contributed by atoms with van der Waals surface area (Å²) in [5.74, 6) is -0.773. The first-order valence-electron chi connectivity index (χ1n) is 5.92. The number of rotatable bonds is 5. The van der Waals surface area contributed by atoms with Crippen LogP contribution in [0.4, 0.5) is 4.39 Å². The first kappa shape index (κ1) is 14.5. The van der Waals surface area contributed by atoms with Crippen molar-refractivity contribution < 1.29 is 19.0 Å². The summed E-state index contributed by atoms with van der Waals surface area (Å²) >= 11 is 3.32. The third kappa shape index (κ3) is 3.81. The minimum absolute atomic E-state index is 0.111. The summed E-state index contributed by atoms with van der Waals surface area (Å²) < 4.78 is 19.5. The van der Waals surface area contributed by atoms with Crippen LogP contribution in [-0.4, -0.2) is 11.1 Å². The van der Waals surface area contributed by atoms with Crippen LogP contribution in [0.15, 0.2) is 46.9 Å². The van der Waals surface area contributed by atoms with Crippen molar-refractivity contribution >= 4 is 21.9 Å². The molecule has 20 heavy (non-hydrogen) atoms. The van der Waals surface area contributed by atoms with Crippen molar-refractivity contribution in [3.8, 4) is 5.75 Å². The molecule has 2 rings (SSSR count). The van der Waals surface area contributed by atoms with Crippen LogP contribution in [-0.2, 0) is 17.8 Å². The molecule has 0 fully saturated rings. The zero-order valence-electron chi connectivity index (χ0n) is 10.5. The molecule has 0 heterocycles. The smallest absolute Gasteiger partial charge is 0.307 e. The lowest BCUT2D eigenvalue weighted by Gasteiger charge is -2.11. The third-order valence-corrected chi connectivity index (χ3v) is 3.48. The molecule has 2 aromatic carbocycles. The van der Waals surface area contributed by atoms with E-state index in [2.05, 4.69) is 15.9 Å². The van der Waals surface area contributed by atoms with Crippen molar-refractivity contribution in [2.45, 2.75) is 13.0 Å². The summed E-state index contributed by atoms with van der Waals surface area (Å²) in [6.45, 7) is 0.162. The summed E-state index contributed by atoms with van der Waals surface area (Å²) in [5.41, 5.74) is 1.25. The average Bonchev–Trinajstić information content (AvgIpc) is 2.41. The topological polar surface area (TPSA) is 46.5 Å². The molecule has 0 atom stereocenters. The highest BCUT2D eigenvalue weighted by Crippen LogP contribution is 2.23. The summed E-state index contributed by atoms with van der Waals surface area (Å²) in [7, 11) is 0. The van der Waals surface area contributed by atoms with Crippen LogP contribution < -0.4 is 4.74 Å². The Bertz CT molecular complexity index is 628. The molecule has 2 aromatic rings. The van der Waals surface area contributed by atoms with Gasteiger partial charge in [-0.25, -0.2) is 4.39 Å². The second-order valence-electron chi connectivity index (χ2n) is 4.20. The lowest BCUT2D eigenvalue weighted by atomic mass is 10.1. The van der Waals surface area contributed by atoms with Crippen LogP contribution in [0.2, 0.25) is 0 Å². The molecule has 0 aromatic heterocycles. The van der Waals surface area contributed by atoms with Crippen molar-refractivity contribution in [3.63, 3.8) is 0 Å². The van der Waals surface area contributed by atoms with Gasteiger partial charge in [-0.2, -0.15) is 0 Å². The average molecular weight is 339 g/mol. The van der Waals surface area contributed by atoms with E-state index in [9.17, 15) is 9.18 Å². The largest absolute Gasteiger partial charge is 0.489 e. The molecule has 0 aliphatic carbocycles. The van der Waals surface area contributed by atoms with Gasteiger partial charge in [0.15, 0.2) is 0 Å². The van der Waals surface area contributed by atoms with E-state index in [1.165, 1.54) is 12.1 Å². The number of benzene rings is 2. The molecule has 0 unspecified atom stereocenters. The van der Waals surface area contributed by atoms with E-state index in [0.717, 1.165) is 4.47 Å². The molecule has 0 saturated carbocycles. The maximum atomic E-state index is 13.2. The van der Waals surface area contributed by atoms with E-state index >= 15 is 0 Å². The molecule has 0 aliphatic rings. The van der Waals surface area contributed by atoms with E-state index < -0.39 is 5.97 Å². The molecule has 0 bridgehead atoms. The molecule has 104 valence electrons. The van der Waals surface area contributed by atoms with Gasteiger partial charge in [0.25, 0.3) is 0 Å². The van der Waals surface area contributed by atoms with E-state index in [-0.39, 0.29) is 18.8 Å². The van der Waals surface area contributed by atoms with Crippen LogP contribution in [0.25, 0.3) is 0 Å². The van der Waals surface area contributed by atoms with Crippen molar-refractivity contribution in [2.24, 2.45) is 0 Å². The Balaban J connectivity index is 2.14. The van der Waals surface area contributed by atoms with Gasteiger partial charge in [-0.05, 0) is 24.3 Å². The Morgan fingerprint density at radius 2 is 1.95 bits per heavy atom. The second kappa shape index (κ2) is 6.52. The molecule has 5 heteroatoms. The van der Waals surface area contributed by atoms with E-state index in [1.54, 1.807) is 30.3 Å². The SMILES string of the molecule is O=C(O)Cc1ccccc1OCc1cc(F)ccc1Br. The zero-order valence-corrected chi connectivity index (χ0v) is 12.1. The third-order valence-electron chi connectivity index (χ3n) is 2.71. The number of hydrogen-bond donors (Lipinski definition) is 1. The number of carboxylic acid groups (broad SMARTS) is 1. The van der Waals surface area contributed by atoms with Crippen molar-refractivity contribution in [3.05, 3.63) is 63.9 Å². The maximum Gasteiger partial charge on any atom is 0.307 e. The molecule has 0 radical (unpaired) electrons. The van der Waals surface area contributed by atoms with Gasteiger partial charge in [-0.15, -0.1) is 0 Å². The van der Waals surface area contributed by atoms with Crippen molar-refractivity contribution in [2.75, 3.05) is 0 Å². The first-order chi connectivity index (χ1) is 9.56. The van der Waals surface area contributed by atoms with Gasteiger partial charge in [0, 0.05) is 15.6 Å². The number of halogens is 2. The van der Waals surface area contributed by atoms with Gasteiger partial charge in [-0.3, -0.25) is 4.79 Å². The fourth-order valence-corrected chi connectivity index (χ4v) is 2.12. The molecule has 0 saturated heterocycles. The maximum absolute atomic E-state index is 13.2. The van der Waals surface area contributed by atoms with Gasteiger partial charge in [-0.1, -0.05) is 34.1 Å². The Morgan fingerprint density at radius 3 is 2.70 bits per heavy atom. The minimum atomic E-state index is -0.923. The van der Waals surface area contributed by atoms with E-state index in [1.807, 2.05) is 0 Å². The lowest BCUT2D eigenvalue weighted by molar-refractivity contribution is -0.136.